The molecule has 4 aromatic rings. The zero-order chi connectivity index (χ0) is 24.2. The number of phenolic OH excluding ortho intramolecular Hbond substituents is 1. The van der Waals surface area contributed by atoms with Crippen LogP contribution in [0.1, 0.15) is 40.4 Å². The van der Waals surface area contributed by atoms with Crippen LogP contribution in [0.5, 0.6) is 5.75 Å². The second-order valence-corrected chi connectivity index (χ2v) is 8.53. The van der Waals surface area contributed by atoms with Crippen molar-refractivity contribution in [2.24, 2.45) is 0 Å². The van der Waals surface area contributed by atoms with E-state index in [2.05, 4.69) is 20.7 Å². The Morgan fingerprint density at radius 1 is 1.00 bits per heavy atom. The predicted molar refractivity (Wildman–Crippen MR) is 132 cm³/mol. The number of carbonyl (C=O) groups excluding carboxylic acids is 2. The van der Waals surface area contributed by atoms with Gasteiger partial charge in [0.25, 0.3) is 5.91 Å². The monoisotopic (exact) mass is 467 g/mol. The fourth-order valence-electron chi connectivity index (χ4n) is 3.93. The van der Waals surface area contributed by atoms with Gasteiger partial charge in [-0.25, -0.2) is 4.79 Å². The first kappa shape index (κ1) is 22.3. The van der Waals surface area contributed by atoms with Crippen LogP contribution in [-0.4, -0.2) is 38.4 Å². The van der Waals surface area contributed by atoms with Gasteiger partial charge < -0.3 is 15.7 Å². The number of aromatic nitrogens is 3. The standard InChI is InChI=1S/C27H25N5O3/c33-25-16-21(30-26(34)20-11-13-28-14-12-20)8-9-22(25)23-17-24(19-6-7-19)32(31-23)27(35)29-15-10-18-4-2-1-3-5-18/h1-5,8-9,11-14,16-17,19,33H,6-7,10,15H2,(H,29,35)(H,30,34). The van der Waals surface area contributed by atoms with Crippen molar-refractivity contribution in [2.75, 3.05) is 11.9 Å². The van der Waals surface area contributed by atoms with Crippen molar-refractivity contribution >= 4 is 17.6 Å². The maximum Gasteiger partial charge on any atom is 0.342 e. The smallest absolute Gasteiger partial charge is 0.342 e. The number of rotatable bonds is 7. The third kappa shape index (κ3) is 5.22. The first-order chi connectivity index (χ1) is 17.1. The fourth-order valence-corrected chi connectivity index (χ4v) is 3.93. The molecule has 5 rings (SSSR count). The van der Waals surface area contributed by atoms with Crippen LogP contribution in [-0.2, 0) is 6.42 Å². The van der Waals surface area contributed by atoms with Gasteiger partial charge in [0.2, 0.25) is 0 Å². The molecule has 2 amide bonds. The molecule has 2 aromatic heterocycles. The number of hydrogen-bond donors (Lipinski definition) is 3. The summed E-state index contributed by atoms with van der Waals surface area (Å²) in [6, 6.07) is 19.6. The molecule has 0 spiro atoms. The number of nitrogens with one attached hydrogen (secondary N) is 2. The molecule has 1 saturated carbocycles. The van der Waals surface area contributed by atoms with E-state index in [1.165, 1.54) is 10.7 Å². The Hall–Kier alpha value is -4.46. The highest BCUT2D eigenvalue weighted by Gasteiger charge is 2.30. The van der Waals surface area contributed by atoms with Gasteiger partial charge in [-0.3, -0.25) is 9.78 Å². The summed E-state index contributed by atoms with van der Waals surface area (Å²) in [5, 5.41) is 20.9. The number of benzene rings is 2. The molecule has 2 heterocycles. The molecular formula is C27H25N5O3. The average molecular weight is 468 g/mol. The summed E-state index contributed by atoms with van der Waals surface area (Å²) >= 11 is 0. The highest BCUT2D eigenvalue weighted by atomic mass is 16.3. The largest absolute Gasteiger partial charge is 0.507 e. The van der Waals surface area contributed by atoms with E-state index in [0.717, 1.165) is 30.5 Å². The summed E-state index contributed by atoms with van der Waals surface area (Å²) in [4.78, 5) is 29.2. The molecule has 35 heavy (non-hydrogen) atoms. The lowest BCUT2D eigenvalue weighted by molar-refractivity contribution is 0.102. The minimum absolute atomic E-state index is 0.0333. The van der Waals surface area contributed by atoms with Crippen molar-refractivity contribution in [3.05, 3.63) is 95.9 Å². The van der Waals surface area contributed by atoms with E-state index in [-0.39, 0.29) is 23.6 Å². The van der Waals surface area contributed by atoms with Crippen molar-refractivity contribution in [1.29, 1.82) is 0 Å². The third-order valence-corrected chi connectivity index (χ3v) is 5.93. The lowest BCUT2D eigenvalue weighted by Gasteiger charge is -2.08. The maximum absolute atomic E-state index is 12.9. The highest BCUT2D eigenvalue weighted by molar-refractivity contribution is 6.04. The zero-order valence-corrected chi connectivity index (χ0v) is 19.0. The van der Waals surface area contributed by atoms with Crippen LogP contribution in [0.4, 0.5) is 10.5 Å². The predicted octanol–water partition coefficient (Wildman–Crippen LogP) is 4.58. The van der Waals surface area contributed by atoms with Crippen LogP contribution < -0.4 is 10.6 Å². The lowest BCUT2D eigenvalue weighted by Crippen LogP contribution is -2.32. The van der Waals surface area contributed by atoms with Crippen LogP contribution in [0.25, 0.3) is 11.3 Å². The van der Waals surface area contributed by atoms with Gasteiger partial charge in [-0.05, 0) is 55.2 Å². The van der Waals surface area contributed by atoms with Gasteiger partial charge in [0, 0.05) is 47.7 Å². The molecule has 176 valence electrons. The quantitative estimate of drug-likeness (QED) is 0.369. The number of nitrogens with zero attached hydrogens (tertiary/aromatic N) is 3. The Morgan fingerprint density at radius 3 is 2.49 bits per heavy atom. The lowest BCUT2D eigenvalue weighted by atomic mass is 10.1. The van der Waals surface area contributed by atoms with Gasteiger partial charge in [0.05, 0.1) is 11.4 Å². The van der Waals surface area contributed by atoms with Crippen molar-refractivity contribution in [2.45, 2.75) is 25.2 Å². The second kappa shape index (κ2) is 9.80. The van der Waals surface area contributed by atoms with Gasteiger partial charge in [-0.15, -0.1) is 0 Å². The Kier molecular flexibility index (Phi) is 6.26. The molecule has 1 aliphatic rings. The van der Waals surface area contributed by atoms with Gasteiger partial charge in [-0.1, -0.05) is 30.3 Å². The summed E-state index contributed by atoms with van der Waals surface area (Å²) in [5.74, 6) is -0.0433. The van der Waals surface area contributed by atoms with Crippen LogP contribution in [0.15, 0.2) is 79.1 Å². The molecule has 8 heteroatoms. The molecule has 1 aliphatic carbocycles. The Balaban J connectivity index is 1.31. The Labute approximate surface area is 202 Å². The zero-order valence-electron chi connectivity index (χ0n) is 19.0. The number of carbonyl (C=O) groups is 2. The SMILES string of the molecule is O=C(Nc1ccc(-c2cc(C3CC3)n(C(=O)NCCc3ccccc3)n2)c(O)c1)c1ccncc1. The van der Waals surface area contributed by atoms with Gasteiger partial charge in [0.15, 0.2) is 0 Å². The van der Waals surface area contributed by atoms with E-state index in [1.807, 2.05) is 36.4 Å². The summed E-state index contributed by atoms with van der Waals surface area (Å²) in [7, 11) is 0. The van der Waals surface area contributed by atoms with E-state index in [1.54, 1.807) is 36.7 Å². The van der Waals surface area contributed by atoms with E-state index < -0.39 is 0 Å². The molecule has 0 atom stereocenters. The molecule has 0 unspecified atom stereocenters. The Bertz CT molecular complexity index is 1350. The molecule has 0 radical (unpaired) electrons. The first-order valence-electron chi connectivity index (χ1n) is 11.6. The van der Waals surface area contributed by atoms with Crippen LogP contribution in [0.2, 0.25) is 0 Å². The minimum Gasteiger partial charge on any atom is -0.507 e. The second-order valence-electron chi connectivity index (χ2n) is 8.53. The topological polar surface area (TPSA) is 109 Å². The molecule has 3 N–H and O–H groups in total. The molecule has 8 nitrogen and oxygen atoms in total. The summed E-state index contributed by atoms with van der Waals surface area (Å²) in [6.07, 6.45) is 5.83. The number of anilines is 1. The number of aromatic hydroxyl groups is 1. The molecule has 0 bridgehead atoms. The van der Waals surface area contributed by atoms with Crippen molar-refractivity contribution < 1.29 is 14.7 Å². The van der Waals surface area contributed by atoms with E-state index in [0.29, 0.717) is 29.1 Å². The molecule has 1 fully saturated rings. The summed E-state index contributed by atoms with van der Waals surface area (Å²) < 4.78 is 1.41. The maximum atomic E-state index is 12.9. The van der Waals surface area contributed by atoms with Crippen LogP contribution in [0.3, 0.4) is 0 Å². The van der Waals surface area contributed by atoms with E-state index in [9.17, 15) is 14.7 Å². The molecule has 0 aliphatic heterocycles. The fraction of sp³-hybridized carbons (Fsp3) is 0.185. The number of hydrogen-bond acceptors (Lipinski definition) is 5. The molecule has 2 aromatic carbocycles. The minimum atomic E-state index is -0.299. The van der Waals surface area contributed by atoms with E-state index >= 15 is 0 Å². The van der Waals surface area contributed by atoms with E-state index in [4.69, 9.17) is 0 Å². The van der Waals surface area contributed by atoms with Gasteiger partial charge in [0.1, 0.15) is 5.75 Å². The average Bonchev–Trinajstić information content (AvgIpc) is 3.63. The molecular weight excluding hydrogens is 442 g/mol. The summed E-state index contributed by atoms with van der Waals surface area (Å²) in [5.41, 5.74) is 3.91. The summed E-state index contributed by atoms with van der Waals surface area (Å²) in [6.45, 7) is 0.499. The van der Waals surface area contributed by atoms with Crippen LogP contribution >= 0.6 is 0 Å². The highest BCUT2D eigenvalue weighted by Crippen LogP contribution is 2.42. The first-order valence-corrected chi connectivity index (χ1v) is 11.6. The number of phenols is 1. The number of pyridine rings is 1. The molecule has 0 saturated heterocycles. The van der Waals surface area contributed by atoms with Crippen molar-refractivity contribution in [3.63, 3.8) is 0 Å². The number of amides is 2. The van der Waals surface area contributed by atoms with Crippen LogP contribution in [0, 0.1) is 0 Å². The van der Waals surface area contributed by atoms with Crippen molar-refractivity contribution in [1.82, 2.24) is 20.1 Å². The van der Waals surface area contributed by atoms with Crippen molar-refractivity contribution in [3.8, 4) is 17.0 Å². The van der Waals surface area contributed by atoms with Gasteiger partial charge >= 0.3 is 6.03 Å². The Morgan fingerprint density at radius 2 is 1.77 bits per heavy atom. The van der Waals surface area contributed by atoms with Gasteiger partial charge in [-0.2, -0.15) is 9.78 Å². The normalized spacial score (nSPS) is 12.8. The third-order valence-electron chi connectivity index (χ3n) is 5.93.